The molecule has 1 aliphatic carbocycles. The van der Waals surface area contributed by atoms with Crippen molar-refractivity contribution in [2.75, 3.05) is 19.6 Å². The van der Waals surface area contributed by atoms with E-state index in [0.29, 0.717) is 6.04 Å². The number of amides is 1. The summed E-state index contributed by atoms with van der Waals surface area (Å²) in [6.07, 6.45) is 6.43. The van der Waals surface area contributed by atoms with Crippen LogP contribution < -0.4 is 5.32 Å². The molecule has 1 unspecified atom stereocenters. The van der Waals surface area contributed by atoms with Crippen LogP contribution in [-0.4, -0.2) is 36.5 Å². The van der Waals surface area contributed by atoms with Crippen LogP contribution in [0.1, 0.15) is 44.6 Å². The van der Waals surface area contributed by atoms with E-state index < -0.39 is 0 Å². The lowest BCUT2D eigenvalue weighted by Crippen LogP contribution is -2.46. The number of hydrogen-bond acceptors (Lipinski definition) is 2. The number of aryl methyl sites for hydroxylation is 1. The lowest BCUT2D eigenvalue weighted by molar-refractivity contribution is -0.136. The molecule has 3 rings (SSSR count). The van der Waals surface area contributed by atoms with Gasteiger partial charge in [-0.05, 0) is 68.7 Å². The molecule has 1 heterocycles. The van der Waals surface area contributed by atoms with E-state index in [1.165, 1.54) is 18.9 Å². The molecule has 24 heavy (non-hydrogen) atoms. The third-order valence-electron chi connectivity index (χ3n) is 5.38. The van der Waals surface area contributed by atoms with Gasteiger partial charge in [-0.25, -0.2) is 4.39 Å². The minimum Gasteiger partial charge on any atom is -0.342 e. The van der Waals surface area contributed by atoms with E-state index >= 15 is 0 Å². The lowest BCUT2D eigenvalue weighted by Gasteiger charge is -2.34. The molecule has 2 aliphatic rings. The van der Waals surface area contributed by atoms with E-state index in [-0.39, 0.29) is 17.6 Å². The number of likely N-dealkylation sites (tertiary alicyclic amines) is 1. The summed E-state index contributed by atoms with van der Waals surface area (Å²) in [6.45, 7) is 4.89. The molecule has 0 bridgehead atoms. The Balaban J connectivity index is 1.39. The second-order valence-electron chi connectivity index (χ2n) is 7.52. The van der Waals surface area contributed by atoms with E-state index in [1.54, 1.807) is 12.1 Å². The maximum atomic E-state index is 13.2. The molecular weight excluding hydrogens is 303 g/mol. The summed E-state index contributed by atoms with van der Waals surface area (Å²) in [5.74, 6) is 0.969. The summed E-state index contributed by atoms with van der Waals surface area (Å²) in [5, 5.41) is 3.65. The van der Waals surface area contributed by atoms with Gasteiger partial charge in [0, 0.05) is 25.0 Å². The first-order chi connectivity index (χ1) is 11.6. The fourth-order valence-corrected chi connectivity index (χ4v) is 3.47. The highest BCUT2D eigenvalue weighted by atomic mass is 19.1. The van der Waals surface area contributed by atoms with E-state index in [4.69, 9.17) is 0 Å². The van der Waals surface area contributed by atoms with Crippen LogP contribution in [0.2, 0.25) is 0 Å². The summed E-state index contributed by atoms with van der Waals surface area (Å²) < 4.78 is 13.2. The molecule has 4 heteroatoms. The molecule has 3 nitrogen and oxygen atoms in total. The van der Waals surface area contributed by atoms with E-state index in [1.807, 2.05) is 17.9 Å². The van der Waals surface area contributed by atoms with Gasteiger partial charge in [-0.1, -0.05) is 19.1 Å². The zero-order valence-electron chi connectivity index (χ0n) is 14.6. The lowest BCUT2D eigenvalue weighted by atomic mass is 9.97. The monoisotopic (exact) mass is 332 g/mol. The average molecular weight is 332 g/mol. The van der Waals surface area contributed by atoms with E-state index in [9.17, 15) is 9.18 Å². The van der Waals surface area contributed by atoms with Crippen molar-refractivity contribution in [3.05, 3.63) is 35.6 Å². The minimum absolute atomic E-state index is 0.00393. The molecule has 1 aliphatic heterocycles. The molecule has 0 spiro atoms. The van der Waals surface area contributed by atoms with Crippen LogP contribution in [0.4, 0.5) is 4.39 Å². The van der Waals surface area contributed by atoms with Crippen molar-refractivity contribution in [1.29, 1.82) is 0 Å². The van der Waals surface area contributed by atoms with Crippen LogP contribution in [0.5, 0.6) is 0 Å². The third-order valence-corrected chi connectivity index (χ3v) is 5.38. The van der Waals surface area contributed by atoms with Crippen molar-refractivity contribution in [2.24, 2.45) is 11.8 Å². The van der Waals surface area contributed by atoms with Crippen LogP contribution >= 0.6 is 0 Å². The SMILES string of the molecule is CC(CCc1cccc(F)c1)C(=O)N1CCC(NCC2CC2)CC1. The Bertz CT molecular complexity index is 550. The predicted octanol–water partition coefficient (Wildman–Crippen LogP) is 3.39. The maximum absolute atomic E-state index is 13.2. The quantitative estimate of drug-likeness (QED) is 0.830. The van der Waals surface area contributed by atoms with Crippen LogP contribution in [-0.2, 0) is 11.2 Å². The normalized spacial score (nSPS) is 20.2. The molecule has 2 fully saturated rings. The van der Waals surface area contributed by atoms with Crippen molar-refractivity contribution < 1.29 is 9.18 Å². The molecule has 0 aromatic heterocycles. The number of piperidine rings is 1. The molecule has 1 amide bonds. The topological polar surface area (TPSA) is 32.3 Å². The first kappa shape index (κ1) is 17.4. The average Bonchev–Trinajstić information content (AvgIpc) is 3.42. The Hall–Kier alpha value is -1.42. The number of carbonyl (C=O) groups is 1. The summed E-state index contributed by atoms with van der Waals surface area (Å²) in [4.78, 5) is 14.6. The Morgan fingerprint density at radius 3 is 2.71 bits per heavy atom. The van der Waals surface area contributed by atoms with Crippen molar-refractivity contribution in [3.8, 4) is 0 Å². The highest BCUT2D eigenvalue weighted by Gasteiger charge is 2.27. The van der Waals surface area contributed by atoms with Gasteiger partial charge in [0.05, 0.1) is 0 Å². The van der Waals surface area contributed by atoms with Gasteiger partial charge in [0.15, 0.2) is 0 Å². The largest absolute Gasteiger partial charge is 0.342 e. The van der Waals surface area contributed by atoms with Gasteiger partial charge < -0.3 is 10.2 Å². The fourth-order valence-electron chi connectivity index (χ4n) is 3.47. The second-order valence-corrected chi connectivity index (χ2v) is 7.52. The van der Waals surface area contributed by atoms with Crippen molar-refractivity contribution in [2.45, 2.75) is 51.5 Å². The first-order valence-electron chi connectivity index (χ1n) is 9.38. The minimum atomic E-state index is -0.202. The smallest absolute Gasteiger partial charge is 0.225 e. The van der Waals surface area contributed by atoms with Gasteiger partial charge in [-0.2, -0.15) is 0 Å². The Labute approximate surface area is 144 Å². The first-order valence-corrected chi connectivity index (χ1v) is 9.38. The standard InChI is InChI=1S/C20H29FN2O/c1-15(5-6-16-3-2-4-18(21)13-16)20(24)23-11-9-19(10-12-23)22-14-17-7-8-17/h2-4,13,15,17,19,22H,5-12,14H2,1H3. The van der Waals surface area contributed by atoms with Gasteiger partial charge in [-0.3, -0.25) is 4.79 Å². The number of nitrogens with zero attached hydrogens (tertiary/aromatic N) is 1. The number of carbonyl (C=O) groups excluding carboxylic acids is 1. The van der Waals surface area contributed by atoms with Crippen molar-refractivity contribution >= 4 is 5.91 Å². The molecular formula is C20H29FN2O. The van der Waals surface area contributed by atoms with Gasteiger partial charge in [-0.15, -0.1) is 0 Å². The Kier molecular flexibility index (Phi) is 5.88. The van der Waals surface area contributed by atoms with E-state index in [2.05, 4.69) is 5.32 Å². The van der Waals surface area contributed by atoms with Gasteiger partial charge in [0.25, 0.3) is 0 Å². The summed E-state index contributed by atoms with van der Waals surface area (Å²) in [7, 11) is 0. The number of halogens is 1. The molecule has 0 radical (unpaired) electrons. The van der Waals surface area contributed by atoms with Crippen LogP contribution in [0.25, 0.3) is 0 Å². The molecule has 1 aromatic carbocycles. The Morgan fingerprint density at radius 1 is 1.29 bits per heavy atom. The Morgan fingerprint density at radius 2 is 2.04 bits per heavy atom. The number of rotatable bonds is 7. The predicted molar refractivity (Wildman–Crippen MR) is 94.2 cm³/mol. The highest BCUT2D eigenvalue weighted by Crippen LogP contribution is 2.28. The third kappa shape index (κ3) is 5.04. The van der Waals surface area contributed by atoms with Gasteiger partial charge in [0.2, 0.25) is 5.91 Å². The molecule has 1 aromatic rings. The summed E-state index contributed by atoms with van der Waals surface area (Å²) >= 11 is 0. The number of nitrogens with one attached hydrogen (secondary N) is 1. The fraction of sp³-hybridized carbons (Fsp3) is 0.650. The van der Waals surface area contributed by atoms with Crippen LogP contribution in [0, 0.1) is 17.7 Å². The molecule has 1 saturated carbocycles. The maximum Gasteiger partial charge on any atom is 0.225 e. The zero-order valence-corrected chi connectivity index (χ0v) is 14.6. The highest BCUT2D eigenvalue weighted by molar-refractivity contribution is 5.78. The second kappa shape index (κ2) is 8.11. The molecule has 1 saturated heterocycles. The summed E-state index contributed by atoms with van der Waals surface area (Å²) in [6, 6.07) is 7.26. The van der Waals surface area contributed by atoms with E-state index in [0.717, 1.165) is 56.8 Å². The molecule has 132 valence electrons. The van der Waals surface area contributed by atoms with Gasteiger partial charge in [0.1, 0.15) is 5.82 Å². The zero-order chi connectivity index (χ0) is 16.9. The number of hydrogen-bond donors (Lipinski definition) is 1. The van der Waals surface area contributed by atoms with Crippen LogP contribution in [0.15, 0.2) is 24.3 Å². The molecule has 1 atom stereocenters. The van der Waals surface area contributed by atoms with Crippen molar-refractivity contribution in [3.63, 3.8) is 0 Å². The van der Waals surface area contributed by atoms with Gasteiger partial charge >= 0.3 is 0 Å². The number of benzene rings is 1. The molecule has 1 N–H and O–H groups in total. The summed E-state index contributed by atoms with van der Waals surface area (Å²) in [5.41, 5.74) is 0.970. The van der Waals surface area contributed by atoms with Crippen molar-refractivity contribution in [1.82, 2.24) is 10.2 Å². The van der Waals surface area contributed by atoms with Crippen LogP contribution in [0.3, 0.4) is 0 Å².